The van der Waals surface area contributed by atoms with Crippen molar-refractivity contribution in [2.24, 2.45) is 0 Å². The van der Waals surface area contributed by atoms with Crippen molar-refractivity contribution in [3.05, 3.63) is 12.2 Å². The number of rotatable bonds is 15. The summed E-state index contributed by atoms with van der Waals surface area (Å²) in [5, 5.41) is 16.1. The fraction of sp³-hybridized carbons (Fsp3) is 0.850. The molecule has 2 N–H and O–H groups in total. The van der Waals surface area contributed by atoms with E-state index in [1.165, 1.54) is 83.5 Å². The third-order valence-corrected chi connectivity index (χ3v) is 3.67. The summed E-state index contributed by atoms with van der Waals surface area (Å²) in [5.41, 5.74) is 0. The number of hydrogen-bond donors (Lipinski definition) is 2. The number of unbranched alkanes of at least 4 members (excludes halogenated alkanes) is 12. The zero-order chi connectivity index (χ0) is 17.6. The van der Waals surface area contributed by atoms with Gasteiger partial charge in [-0.05, 0) is 25.7 Å². The molecule has 0 aromatic heterocycles. The second kappa shape index (κ2) is 23.4. The molecule has 0 spiro atoms. The fourth-order valence-electron chi connectivity index (χ4n) is 2.35. The minimum Gasteiger partial charge on any atom is -0.481 e. The predicted molar refractivity (Wildman–Crippen MR) is 99.8 cm³/mol. The molecular weight excluding hydrogens is 288 g/mol. The van der Waals surface area contributed by atoms with E-state index in [4.69, 9.17) is 15.0 Å². The van der Waals surface area contributed by atoms with Gasteiger partial charge < -0.3 is 10.2 Å². The molecule has 0 unspecified atom stereocenters. The number of carboxylic acid groups (broad SMARTS) is 1. The van der Waals surface area contributed by atoms with Crippen molar-refractivity contribution >= 4 is 5.97 Å². The van der Waals surface area contributed by atoms with Crippen molar-refractivity contribution in [3.8, 4) is 0 Å². The molecule has 0 saturated heterocycles. The van der Waals surface area contributed by atoms with Crippen LogP contribution in [0.5, 0.6) is 0 Å². The molecule has 0 rings (SSSR count). The van der Waals surface area contributed by atoms with Gasteiger partial charge in [-0.25, -0.2) is 0 Å². The third kappa shape index (κ3) is 33.8. The van der Waals surface area contributed by atoms with Crippen molar-refractivity contribution in [1.29, 1.82) is 0 Å². The molecule has 0 aliphatic rings. The smallest absolute Gasteiger partial charge is 0.300 e. The topological polar surface area (TPSA) is 57.5 Å². The number of aliphatic hydroxyl groups excluding tert-OH is 1. The maximum absolute atomic E-state index is 9.00. The molecule has 0 bridgehead atoms. The molecule has 0 aliphatic heterocycles. The van der Waals surface area contributed by atoms with Crippen molar-refractivity contribution in [2.75, 3.05) is 6.61 Å². The van der Waals surface area contributed by atoms with Gasteiger partial charge in [0.05, 0.1) is 0 Å². The van der Waals surface area contributed by atoms with Crippen LogP contribution in [0.4, 0.5) is 0 Å². The summed E-state index contributed by atoms with van der Waals surface area (Å²) in [6.07, 6.45) is 23.2. The molecule has 23 heavy (non-hydrogen) atoms. The highest BCUT2D eigenvalue weighted by molar-refractivity contribution is 5.62. The summed E-state index contributed by atoms with van der Waals surface area (Å²) in [6, 6.07) is 0. The molecule has 0 atom stereocenters. The van der Waals surface area contributed by atoms with Crippen LogP contribution in [0.2, 0.25) is 0 Å². The van der Waals surface area contributed by atoms with Gasteiger partial charge in [0.15, 0.2) is 0 Å². The van der Waals surface area contributed by atoms with E-state index in [2.05, 4.69) is 19.1 Å². The van der Waals surface area contributed by atoms with Crippen LogP contribution in [-0.2, 0) is 4.79 Å². The van der Waals surface area contributed by atoms with Crippen molar-refractivity contribution in [1.82, 2.24) is 0 Å². The molecule has 0 amide bonds. The third-order valence-electron chi connectivity index (χ3n) is 3.67. The molecule has 0 aliphatic carbocycles. The standard InChI is InChI=1S/C18H36O.C2H4O2/c1-2-3-4-5-6-7-8-9-10-11-12-13-14-15-16-17-18-19;1-2(3)4/h5-6,19H,2-4,7-18H2,1H3;1H3,(H,3,4)/b6-5-;. The van der Waals surface area contributed by atoms with E-state index in [0.29, 0.717) is 6.61 Å². The van der Waals surface area contributed by atoms with Gasteiger partial charge in [-0.15, -0.1) is 0 Å². The Kier molecular flexibility index (Phi) is 24.9. The van der Waals surface area contributed by atoms with E-state index >= 15 is 0 Å². The van der Waals surface area contributed by atoms with Gasteiger partial charge in [-0.3, -0.25) is 4.79 Å². The molecule has 0 aromatic carbocycles. The molecule has 0 heterocycles. The SMILES string of the molecule is CC(=O)O.CCCC/C=C\CCCCCCCCCCCCO. The highest BCUT2D eigenvalue weighted by atomic mass is 16.4. The van der Waals surface area contributed by atoms with E-state index < -0.39 is 5.97 Å². The van der Waals surface area contributed by atoms with Gasteiger partial charge in [-0.2, -0.15) is 0 Å². The second-order valence-corrected chi connectivity index (χ2v) is 6.18. The predicted octanol–water partition coefficient (Wildman–Crippen LogP) is 6.11. The van der Waals surface area contributed by atoms with Crippen molar-refractivity contribution in [2.45, 2.75) is 104 Å². The Morgan fingerprint density at radius 3 is 1.48 bits per heavy atom. The normalized spacial score (nSPS) is 10.6. The fourth-order valence-corrected chi connectivity index (χ4v) is 2.35. The van der Waals surface area contributed by atoms with Gasteiger partial charge in [0, 0.05) is 13.5 Å². The molecule has 0 saturated carbocycles. The molecule has 0 fully saturated rings. The van der Waals surface area contributed by atoms with Crippen LogP contribution < -0.4 is 0 Å². The lowest BCUT2D eigenvalue weighted by Crippen LogP contribution is -1.84. The quantitative estimate of drug-likeness (QED) is 0.282. The van der Waals surface area contributed by atoms with Crippen LogP contribution in [-0.4, -0.2) is 22.8 Å². The Morgan fingerprint density at radius 1 is 0.739 bits per heavy atom. The first-order valence-electron chi connectivity index (χ1n) is 9.60. The van der Waals surface area contributed by atoms with E-state index in [1.807, 2.05) is 0 Å². The first-order chi connectivity index (χ1) is 11.1. The Balaban J connectivity index is 0. The van der Waals surface area contributed by atoms with E-state index in [9.17, 15) is 0 Å². The summed E-state index contributed by atoms with van der Waals surface area (Å²) in [7, 11) is 0. The maximum atomic E-state index is 9.00. The van der Waals surface area contributed by atoms with Crippen LogP contribution >= 0.6 is 0 Å². The summed E-state index contributed by atoms with van der Waals surface area (Å²) in [4.78, 5) is 9.00. The molecule has 3 heteroatoms. The molecule has 138 valence electrons. The summed E-state index contributed by atoms with van der Waals surface area (Å²) in [6.45, 7) is 3.70. The average Bonchev–Trinajstić information content (AvgIpc) is 2.50. The second-order valence-electron chi connectivity index (χ2n) is 6.18. The number of carbonyl (C=O) groups is 1. The van der Waals surface area contributed by atoms with Crippen LogP contribution in [0.25, 0.3) is 0 Å². The van der Waals surface area contributed by atoms with E-state index in [1.54, 1.807) is 0 Å². The Bertz CT molecular complexity index is 245. The number of hydrogen-bond acceptors (Lipinski definition) is 2. The van der Waals surface area contributed by atoms with Crippen LogP contribution in [0, 0.1) is 0 Å². The lowest BCUT2D eigenvalue weighted by atomic mass is 10.1. The highest BCUT2D eigenvalue weighted by Crippen LogP contribution is 2.11. The lowest BCUT2D eigenvalue weighted by molar-refractivity contribution is -0.134. The number of allylic oxidation sites excluding steroid dienone is 2. The Hall–Kier alpha value is -0.830. The molecule has 0 aromatic rings. The van der Waals surface area contributed by atoms with Crippen molar-refractivity contribution in [3.63, 3.8) is 0 Å². The Labute approximate surface area is 144 Å². The van der Waals surface area contributed by atoms with E-state index in [-0.39, 0.29) is 0 Å². The minimum absolute atomic E-state index is 0.368. The largest absolute Gasteiger partial charge is 0.481 e. The number of carboxylic acids is 1. The zero-order valence-electron chi connectivity index (χ0n) is 15.6. The Morgan fingerprint density at radius 2 is 1.09 bits per heavy atom. The minimum atomic E-state index is -0.833. The van der Waals surface area contributed by atoms with E-state index in [0.717, 1.165) is 13.3 Å². The summed E-state index contributed by atoms with van der Waals surface area (Å²) >= 11 is 0. The van der Waals surface area contributed by atoms with Crippen LogP contribution in [0.1, 0.15) is 104 Å². The van der Waals surface area contributed by atoms with Gasteiger partial charge in [0.2, 0.25) is 0 Å². The lowest BCUT2D eigenvalue weighted by Gasteiger charge is -2.01. The molecule has 3 nitrogen and oxygen atoms in total. The number of aliphatic hydroxyl groups is 1. The van der Waals surface area contributed by atoms with Crippen LogP contribution in [0.3, 0.4) is 0 Å². The maximum Gasteiger partial charge on any atom is 0.300 e. The van der Waals surface area contributed by atoms with Gasteiger partial charge in [0.25, 0.3) is 5.97 Å². The van der Waals surface area contributed by atoms with Gasteiger partial charge in [0.1, 0.15) is 0 Å². The summed E-state index contributed by atoms with van der Waals surface area (Å²) in [5.74, 6) is -0.833. The van der Waals surface area contributed by atoms with Gasteiger partial charge in [-0.1, -0.05) is 83.3 Å². The summed E-state index contributed by atoms with van der Waals surface area (Å²) < 4.78 is 0. The highest BCUT2D eigenvalue weighted by Gasteiger charge is 1.92. The zero-order valence-corrected chi connectivity index (χ0v) is 15.6. The average molecular weight is 329 g/mol. The molecular formula is C20H40O3. The van der Waals surface area contributed by atoms with Crippen molar-refractivity contribution < 1.29 is 15.0 Å². The number of aliphatic carboxylic acids is 1. The van der Waals surface area contributed by atoms with Crippen LogP contribution in [0.15, 0.2) is 12.2 Å². The monoisotopic (exact) mass is 328 g/mol. The molecule has 0 radical (unpaired) electrons. The van der Waals surface area contributed by atoms with Gasteiger partial charge >= 0.3 is 0 Å². The first kappa shape index (κ1) is 24.4. The first-order valence-corrected chi connectivity index (χ1v) is 9.60.